The minimum absolute atomic E-state index is 0.0877. The molecule has 0 radical (unpaired) electrons. The second kappa shape index (κ2) is 6.78. The van der Waals surface area contributed by atoms with Crippen molar-refractivity contribution in [2.75, 3.05) is 6.61 Å². The van der Waals surface area contributed by atoms with Crippen LogP contribution in [0.1, 0.15) is 32.5 Å². The number of nitrogens with zero attached hydrogens (tertiary/aromatic N) is 2. The molecule has 0 spiro atoms. The van der Waals surface area contributed by atoms with Crippen LogP contribution in [0.2, 0.25) is 0 Å². The number of nitrogens with one attached hydrogen (secondary N) is 1. The number of unbranched alkanes of at least 4 members (excludes halogenated alkanes) is 1. The lowest BCUT2D eigenvalue weighted by Gasteiger charge is -2.08. The van der Waals surface area contributed by atoms with Crippen LogP contribution in [0.15, 0.2) is 0 Å². The predicted octanol–water partition coefficient (Wildman–Crippen LogP) is 1.64. The molecule has 0 bridgehead atoms. The zero-order chi connectivity index (χ0) is 12.0. The fraction of sp³-hybridized carbons (Fsp3) is 0.800. The van der Waals surface area contributed by atoms with Crippen LogP contribution in [0.4, 0.5) is 0 Å². The van der Waals surface area contributed by atoms with Crippen molar-refractivity contribution in [1.29, 1.82) is 0 Å². The van der Waals surface area contributed by atoms with Crippen LogP contribution in [0.3, 0.4) is 0 Å². The van der Waals surface area contributed by atoms with Crippen molar-refractivity contribution in [3.63, 3.8) is 0 Å². The Balaban J connectivity index is 2.31. The van der Waals surface area contributed by atoms with E-state index >= 15 is 0 Å². The number of aromatic nitrogens is 3. The van der Waals surface area contributed by atoms with Gasteiger partial charge < -0.3 is 14.4 Å². The molecular weight excluding hydrogens is 226 g/mol. The Labute approximate surface area is 100 Å². The lowest BCUT2D eigenvalue weighted by Crippen LogP contribution is -2.07. The van der Waals surface area contributed by atoms with Crippen LogP contribution >= 0.6 is 12.2 Å². The summed E-state index contributed by atoms with van der Waals surface area (Å²) in [7, 11) is 0. The average Bonchev–Trinajstić information content (AvgIpc) is 2.59. The van der Waals surface area contributed by atoms with E-state index in [1.54, 1.807) is 0 Å². The zero-order valence-corrected chi connectivity index (χ0v) is 10.6. The molecule has 0 unspecified atom stereocenters. The molecular formula is C10H19N3O2S. The quantitative estimate of drug-likeness (QED) is 0.566. The zero-order valence-electron chi connectivity index (χ0n) is 9.77. The molecule has 0 amide bonds. The number of H-pyrrole nitrogens is 1. The molecule has 0 aromatic carbocycles. The summed E-state index contributed by atoms with van der Waals surface area (Å²) in [6, 6.07) is 0. The SMILES string of the molecule is CC(C)OCCCCn1c(CO)n[nH]c1=S. The Bertz CT molecular complexity index is 359. The summed E-state index contributed by atoms with van der Waals surface area (Å²) >= 11 is 5.06. The fourth-order valence-corrected chi connectivity index (χ4v) is 1.63. The highest BCUT2D eigenvalue weighted by molar-refractivity contribution is 7.71. The van der Waals surface area contributed by atoms with E-state index in [0.29, 0.717) is 10.6 Å². The van der Waals surface area contributed by atoms with Gasteiger partial charge in [-0.05, 0) is 38.9 Å². The maximum absolute atomic E-state index is 9.03. The first kappa shape index (κ1) is 13.3. The summed E-state index contributed by atoms with van der Waals surface area (Å²) in [5, 5.41) is 15.6. The number of aromatic amines is 1. The van der Waals surface area contributed by atoms with E-state index in [-0.39, 0.29) is 12.7 Å². The number of rotatable bonds is 7. The number of aliphatic hydroxyl groups excluding tert-OH is 1. The van der Waals surface area contributed by atoms with Crippen molar-refractivity contribution in [1.82, 2.24) is 14.8 Å². The van der Waals surface area contributed by atoms with E-state index < -0.39 is 0 Å². The van der Waals surface area contributed by atoms with Gasteiger partial charge in [0, 0.05) is 13.2 Å². The Morgan fingerprint density at radius 2 is 2.25 bits per heavy atom. The van der Waals surface area contributed by atoms with Gasteiger partial charge in [0.15, 0.2) is 10.6 Å². The topological polar surface area (TPSA) is 63.1 Å². The highest BCUT2D eigenvalue weighted by Gasteiger charge is 2.03. The van der Waals surface area contributed by atoms with Crippen LogP contribution in [0, 0.1) is 4.77 Å². The third-order valence-electron chi connectivity index (χ3n) is 2.21. The monoisotopic (exact) mass is 245 g/mol. The molecule has 0 atom stereocenters. The Morgan fingerprint density at radius 1 is 1.50 bits per heavy atom. The van der Waals surface area contributed by atoms with Crippen molar-refractivity contribution >= 4 is 12.2 Å². The molecule has 5 nitrogen and oxygen atoms in total. The lowest BCUT2D eigenvalue weighted by molar-refractivity contribution is 0.0753. The minimum Gasteiger partial charge on any atom is -0.388 e. The van der Waals surface area contributed by atoms with Crippen molar-refractivity contribution in [2.45, 2.75) is 45.9 Å². The summed E-state index contributed by atoms with van der Waals surface area (Å²) in [4.78, 5) is 0. The van der Waals surface area contributed by atoms with E-state index in [1.165, 1.54) is 0 Å². The van der Waals surface area contributed by atoms with Crippen LogP contribution < -0.4 is 0 Å². The van der Waals surface area contributed by atoms with Crippen LogP contribution in [0.25, 0.3) is 0 Å². The van der Waals surface area contributed by atoms with E-state index in [0.717, 1.165) is 26.0 Å². The fourth-order valence-electron chi connectivity index (χ4n) is 1.39. The van der Waals surface area contributed by atoms with Crippen LogP contribution in [-0.4, -0.2) is 32.6 Å². The summed E-state index contributed by atoms with van der Waals surface area (Å²) in [5.74, 6) is 0.592. The molecule has 0 aliphatic carbocycles. The van der Waals surface area contributed by atoms with Crippen LogP contribution in [0.5, 0.6) is 0 Å². The maximum atomic E-state index is 9.03. The van der Waals surface area contributed by atoms with E-state index in [4.69, 9.17) is 22.1 Å². The lowest BCUT2D eigenvalue weighted by atomic mass is 10.3. The largest absolute Gasteiger partial charge is 0.388 e. The Morgan fingerprint density at radius 3 is 2.88 bits per heavy atom. The minimum atomic E-state index is -0.0877. The van der Waals surface area contributed by atoms with Gasteiger partial charge in [-0.1, -0.05) is 0 Å². The molecule has 1 aromatic rings. The van der Waals surface area contributed by atoms with Gasteiger partial charge in [0.05, 0.1) is 6.10 Å². The van der Waals surface area contributed by atoms with Gasteiger partial charge in [0.2, 0.25) is 0 Å². The second-order valence-electron chi connectivity index (χ2n) is 3.88. The molecule has 1 rings (SSSR count). The molecule has 0 fully saturated rings. The van der Waals surface area contributed by atoms with E-state index in [9.17, 15) is 0 Å². The number of hydrogen-bond acceptors (Lipinski definition) is 4. The van der Waals surface area contributed by atoms with Crippen molar-refractivity contribution < 1.29 is 9.84 Å². The highest BCUT2D eigenvalue weighted by Crippen LogP contribution is 2.02. The van der Waals surface area contributed by atoms with Gasteiger partial charge >= 0.3 is 0 Å². The van der Waals surface area contributed by atoms with Gasteiger partial charge in [-0.2, -0.15) is 5.10 Å². The maximum Gasteiger partial charge on any atom is 0.195 e. The molecule has 1 aromatic heterocycles. The first-order valence-corrected chi connectivity index (χ1v) is 5.92. The smallest absolute Gasteiger partial charge is 0.195 e. The summed E-state index contributed by atoms with van der Waals surface area (Å²) in [5.41, 5.74) is 0. The van der Waals surface area contributed by atoms with Crippen molar-refractivity contribution in [3.8, 4) is 0 Å². The molecule has 1 heterocycles. The summed E-state index contributed by atoms with van der Waals surface area (Å²) in [6.07, 6.45) is 2.23. The van der Waals surface area contributed by atoms with Crippen molar-refractivity contribution in [3.05, 3.63) is 10.6 Å². The van der Waals surface area contributed by atoms with Crippen molar-refractivity contribution in [2.24, 2.45) is 0 Å². The number of aliphatic hydroxyl groups is 1. The molecule has 0 saturated heterocycles. The number of hydrogen-bond donors (Lipinski definition) is 2. The molecule has 92 valence electrons. The summed E-state index contributed by atoms with van der Waals surface area (Å²) in [6.45, 7) is 5.49. The Kier molecular flexibility index (Phi) is 5.65. The molecule has 2 N–H and O–H groups in total. The second-order valence-corrected chi connectivity index (χ2v) is 4.27. The van der Waals surface area contributed by atoms with Gasteiger partial charge in [-0.3, -0.25) is 5.10 Å². The first-order chi connectivity index (χ1) is 7.65. The normalized spacial score (nSPS) is 11.2. The molecule has 6 heteroatoms. The summed E-state index contributed by atoms with van der Waals surface area (Å²) < 4.78 is 7.83. The average molecular weight is 245 g/mol. The number of ether oxygens (including phenoxy) is 1. The third-order valence-corrected chi connectivity index (χ3v) is 2.52. The standard InChI is InChI=1S/C10H19N3O2S/c1-8(2)15-6-4-3-5-13-9(7-14)11-12-10(13)16/h8,14H,3-7H2,1-2H3,(H,12,16). The third kappa shape index (κ3) is 4.03. The van der Waals surface area contributed by atoms with Gasteiger partial charge in [0.1, 0.15) is 6.61 Å². The first-order valence-electron chi connectivity index (χ1n) is 5.51. The van der Waals surface area contributed by atoms with Gasteiger partial charge in [-0.15, -0.1) is 0 Å². The molecule has 0 saturated carbocycles. The van der Waals surface area contributed by atoms with Gasteiger partial charge in [-0.25, -0.2) is 0 Å². The predicted molar refractivity (Wildman–Crippen MR) is 63.7 cm³/mol. The molecule has 16 heavy (non-hydrogen) atoms. The Hall–Kier alpha value is -0.720. The molecule has 0 aliphatic heterocycles. The van der Waals surface area contributed by atoms with E-state index in [2.05, 4.69) is 10.2 Å². The van der Waals surface area contributed by atoms with Gasteiger partial charge in [0.25, 0.3) is 0 Å². The van der Waals surface area contributed by atoms with Crippen LogP contribution in [-0.2, 0) is 17.9 Å². The molecule has 0 aliphatic rings. The van der Waals surface area contributed by atoms with E-state index in [1.807, 2.05) is 18.4 Å². The highest BCUT2D eigenvalue weighted by atomic mass is 32.1.